The molecule has 0 radical (unpaired) electrons. The van der Waals surface area contributed by atoms with E-state index < -0.39 is 0 Å². The highest BCUT2D eigenvalue weighted by Gasteiger charge is 2.17. The molecule has 1 fully saturated rings. The number of fused-ring (bicyclic) bond motifs is 1. The summed E-state index contributed by atoms with van der Waals surface area (Å²) in [5.74, 6) is 0. The van der Waals surface area contributed by atoms with Gasteiger partial charge in [-0.1, -0.05) is 36.4 Å². The minimum atomic E-state index is 0.987. The third kappa shape index (κ3) is 3.20. The number of hydrogen-bond donors (Lipinski definition) is 0. The molecule has 0 aliphatic carbocycles. The molecule has 0 bridgehead atoms. The summed E-state index contributed by atoms with van der Waals surface area (Å²) in [7, 11) is 0. The van der Waals surface area contributed by atoms with E-state index in [1.54, 1.807) is 0 Å². The van der Waals surface area contributed by atoms with Crippen LogP contribution in [0.15, 0.2) is 66.9 Å². The molecule has 0 atom stereocenters. The maximum atomic E-state index is 4.57. The lowest BCUT2D eigenvalue weighted by Crippen LogP contribution is -2.45. The molecule has 116 valence electrons. The third-order valence-corrected chi connectivity index (χ3v) is 4.55. The number of anilines is 1. The summed E-state index contributed by atoms with van der Waals surface area (Å²) in [4.78, 5) is 9.56. The van der Waals surface area contributed by atoms with Crippen molar-refractivity contribution >= 4 is 16.6 Å². The zero-order chi connectivity index (χ0) is 15.5. The van der Waals surface area contributed by atoms with Gasteiger partial charge in [-0.15, -0.1) is 0 Å². The zero-order valence-electron chi connectivity index (χ0n) is 13.2. The van der Waals surface area contributed by atoms with Gasteiger partial charge in [-0.3, -0.25) is 9.88 Å². The van der Waals surface area contributed by atoms with Crippen LogP contribution in [0.1, 0.15) is 5.56 Å². The Balaban J connectivity index is 1.40. The van der Waals surface area contributed by atoms with Gasteiger partial charge in [-0.25, -0.2) is 0 Å². The Morgan fingerprint density at radius 3 is 2.39 bits per heavy atom. The van der Waals surface area contributed by atoms with Crippen molar-refractivity contribution in [2.45, 2.75) is 6.54 Å². The van der Waals surface area contributed by atoms with Gasteiger partial charge in [0.15, 0.2) is 0 Å². The van der Waals surface area contributed by atoms with Crippen LogP contribution in [-0.2, 0) is 6.54 Å². The topological polar surface area (TPSA) is 19.4 Å². The number of rotatable bonds is 3. The fourth-order valence-corrected chi connectivity index (χ4v) is 3.26. The summed E-state index contributed by atoms with van der Waals surface area (Å²) in [6, 6.07) is 21.3. The molecule has 1 aromatic heterocycles. The van der Waals surface area contributed by atoms with Crippen molar-refractivity contribution in [2.24, 2.45) is 0 Å². The number of aromatic nitrogens is 1. The van der Waals surface area contributed by atoms with Crippen molar-refractivity contribution in [3.8, 4) is 0 Å². The standard InChI is InChI=1S/C20H21N3/c1-2-7-19(8-3-1)23-12-10-22(11-13-23)16-17-14-18-6-4-5-9-20(18)21-15-17/h1-9,14-15H,10-13,16H2. The highest BCUT2D eigenvalue weighted by Crippen LogP contribution is 2.18. The molecule has 0 spiro atoms. The molecule has 3 aromatic rings. The largest absolute Gasteiger partial charge is 0.369 e. The van der Waals surface area contributed by atoms with Gasteiger partial charge in [0.2, 0.25) is 0 Å². The first kappa shape index (κ1) is 14.2. The summed E-state index contributed by atoms with van der Waals surface area (Å²) >= 11 is 0. The molecule has 23 heavy (non-hydrogen) atoms. The highest BCUT2D eigenvalue weighted by atomic mass is 15.3. The number of nitrogens with zero attached hydrogens (tertiary/aromatic N) is 3. The van der Waals surface area contributed by atoms with Crippen molar-refractivity contribution in [3.05, 3.63) is 72.4 Å². The second kappa shape index (κ2) is 6.39. The Morgan fingerprint density at radius 2 is 1.57 bits per heavy atom. The normalized spacial score (nSPS) is 15.9. The summed E-state index contributed by atoms with van der Waals surface area (Å²) < 4.78 is 0. The molecule has 0 amide bonds. The molecule has 3 nitrogen and oxygen atoms in total. The van der Waals surface area contributed by atoms with E-state index in [-0.39, 0.29) is 0 Å². The average Bonchev–Trinajstić information content (AvgIpc) is 2.63. The predicted octanol–water partition coefficient (Wildman–Crippen LogP) is 3.56. The fraction of sp³-hybridized carbons (Fsp3) is 0.250. The van der Waals surface area contributed by atoms with Gasteiger partial charge in [0.1, 0.15) is 0 Å². The van der Waals surface area contributed by atoms with Gasteiger partial charge in [0.05, 0.1) is 5.52 Å². The lowest BCUT2D eigenvalue weighted by Gasteiger charge is -2.36. The van der Waals surface area contributed by atoms with Crippen LogP contribution in [0.4, 0.5) is 5.69 Å². The smallest absolute Gasteiger partial charge is 0.0702 e. The predicted molar refractivity (Wildman–Crippen MR) is 95.7 cm³/mol. The summed E-state index contributed by atoms with van der Waals surface area (Å²) in [5.41, 5.74) is 3.71. The lowest BCUT2D eigenvalue weighted by molar-refractivity contribution is 0.250. The molecule has 2 heterocycles. The van der Waals surface area contributed by atoms with E-state index in [9.17, 15) is 0 Å². The van der Waals surface area contributed by atoms with Crippen molar-refractivity contribution in [1.29, 1.82) is 0 Å². The molecular weight excluding hydrogens is 282 g/mol. The number of pyridine rings is 1. The quantitative estimate of drug-likeness (QED) is 0.737. The van der Waals surface area contributed by atoms with Gasteiger partial charge in [0, 0.05) is 50.0 Å². The second-order valence-electron chi connectivity index (χ2n) is 6.14. The lowest BCUT2D eigenvalue weighted by atomic mass is 10.1. The Kier molecular flexibility index (Phi) is 3.95. The number of piperazine rings is 1. The van der Waals surface area contributed by atoms with Crippen molar-refractivity contribution in [2.75, 3.05) is 31.1 Å². The van der Waals surface area contributed by atoms with Crippen LogP contribution in [0.3, 0.4) is 0 Å². The molecule has 0 saturated carbocycles. The maximum absolute atomic E-state index is 4.57. The number of benzene rings is 2. The van der Waals surface area contributed by atoms with Crippen LogP contribution in [-0.4, -0.2) is 36.1 Å². The first-order valence-electron chi connectivity index (χ1n) is 8.24. The Hall–Kier alpha value is -2.39. The van der Waals surface area contributed by atoms with Crippen LogP contribution in [0, 0.1) is 0 Å². The zero-order valence-corrected chi connectivity index (χ0v) is 13.2. The van der Waals surface area contributed by atoms with Crippen molar-refractivity contribution < 1.29 is 0 Å². The van der Waals surface area contributed by atoms with E-state index in [1.807, 2.05) is 12.3 Å². The molecule has 1 saturated heterocycles. The Labute approximate surface area is 137 Å². The van der Waals surface area contributed by atoms with E-state index >= 15 is 0 Å². The van der Waals surface area contributed by atoms with Crippen LogP contribution >= 0.6 is 0 Å². The van der Waals surface area contributed by atoms with Crippen molar-refractivity contribution in [1.82, 2.24) is 9.88 Å². The number of para-hydroxylation sites is 2. The molecular formula is C20H21N3. The molecule has 1 aliphatic rings. The molecule has 0 N–H and O–H groups in total. The Bertz CT molecular complexity index is 777. The minimum Gasteiger partial charge on any atom is -0.369 e. The monoisotopic (exact) mass is 303 g/mol. The van der Waals surface area contributed by atoms with E-state index in [2.05, 4.69) is 69.4 Å². The summed E-state index contributed by atoms with van der Waals surface area (Å²) in [6.45, 7) is 5.36. The SMILES string of the molecule is c1ccc(N2CCN(Cc3cnc4ccccc4c3)CC2)cc1. The van der Waals surface area contributed by atoms with Crippen molar-refractivity contribution in [3.63, 3.8) is 0 Å². The second-order valence-corrected chi connectivity index (χ2v) is 6.14. The van der Waals surface area contributed by atoms with E-state index in [0.29, 0.717) is 0 Å². The first-order chi connectivity index (χ1) is 11.4. The van der Waals surface area contributed by atoms with Gasteiger partial charge in [0.25, 0.3) is 0 Å². The van der Waals surface area contributed by atoms with Gasteiger partial charge < -0.3 is 4.90 Å². The molecule has 3 heteroatoms. The van der Waals surface area contributed by atoms with Crippen LogP contribution in [0.2, 0.25) is 0 Å². The fourth-order valence-electron chi connectivity index (χ4n) is 3.26. The highest BCUT2D eigenvalue weighted by molar-refractivity contribution is 5.78. The van der Waals surface area contributed by atoms with Gasteiger partial charge in [-0.2, -0.15) is 0 Å². The van der Waals surface area contributed by atoms with Crippen LogP contribution < -0.4 is 4.90 Å². The van der Waals surface area contributed by atoms with Gasteiger partial charge in [-0.05, 0) is 29.8 Å². The van der Waals surface area contributed by atoms with Crippen LogP contribution in [0.25, 0.3) is 10.9 Å². The van der Waals surface area contributed by atoms with E-state index in [0.717, 1.165) is 38.2 Å². The molecule has 4 rings (SSSR count). The Morgan fingerprint density at radius 1 is 0.826 bits per heavy atom. The molecule has 0 unspecified atom stereocenters. The average molecular weight is 303 g/mol. The van der Waals surface area contributed by atoms with E-state index in [4.69, 9.17) is 0 Å². The molecule has 2 aromatic carbocycles. The minimum absolute atomic E-state index is 0.987. The number of hydrogen-bond acceptors (Lipinski definition) is 3. The summed E-state index contributed by atoms with van der Waals surface area (Å²) in [6.07, 6.45) is 2.02. The maximum Gasteiger partial charge on any atom is 0.0702 e. The van der Waals surface area contributed by atoms with E-state index in [1.165, 1.54) is 16.6 Å². The summed E-state index contributed by atoms with van der Waals surface area (Å²) in [5, 5.41) is 1.23. The first-order valence-corrected chi connectivity index (χ1v) is 8.24. The van der Waals surface area contributed by atoms with Gasteiger partial charge >= 0.3 is 0 Å². The third-order valence-electron chi connectivity index (χ3n) is 4.55. The molecule has 1 aliphatic heterocycles. The van der Waals surface area contributed by atoms with Crippen LogP contribution in [0.5, 0.6) is 0 Å².